The van der Waals surface area contributed by atoms with E-state index in [2.05, 4.69) is 39.4 Å². The van der Waals surface area contributed by atoms with Crippen LogP contribution >= 0.6 is 22.9 Å². The molecule has 132 valence electrons. The van der Waals surface area contributed by atoms with Crippen molar-refractivity contribution < 1.29 is 5.03 Å². The fourth-order valence-corrected chi connectivity index (χ4v) is 3.66. The summed E-state index contributed by atoms with van der Waals surface area (Å²) in [5.74, 6) is 0.242. The van der Waals surface area contributed by atoms with Crippen LogP contribution < -0.4 is 5.32 Å². The van der Waals surface area contributed by atoms with Crippen molar-refractivity contribution in [1.82, 2.24) is 20.1 Å². The number of hydrogen-bond acceptors (Lipinski definition) is 5. The van der Waals surface area contributed by atoms with Crippen LogP contribution in [0.1, 0.15) is 23.4 Å². The second-order valence-corrected chi connectivity index (χ2v) is 7.29. The van der Waals surface area contributed by atoms with Crippen molar-refractivity contribution in [2.24, 2.45) is 5.10 Å². The van der Waals surface area contributed by atoms with Crippen molar-refractivity contribution in [3.05, 3.63) is 61.6 Å². The van der Waals surface area contributed by atoms with Crippen molar-refractivity contribution in [3.63, 3.8) is 0 Å². The lowest BCUT2D eigenvalue weighted by molar-refractivity contribution is -0.486. The highest BCUT2D eigenvalue weighted by Gasteiger charge is 2.28. The van der Waals surface area contributed by atoms with E-state index in [9.17, 15) is 10.1 Å². The minimum absolute atomic E-state index is 0.151. The maximum atomic E-state index is 10.8. The first-order chi connectivity index (χ1) is 12.0. The molecule has 25 heavy (non-hydrogen) atoms. The third kappa shape index (κ3) is 4.44. The van der Waals surface area contributed by atoms with Crippen molar-refractivity contribution in [2.75, 3.05) is 13.3 Å². The molecule has 2 heterocycles. The van der Waals surface area contributed by atoms with Gasteiger partial charge in [0, 0.05) is 17.1 Å². The number of benzene rings is 1. The molecule has 1 aromatic heterocycles. The van der Waals surface area contributed by atoms with Crippen LogP contribution in [0.2, 0.25) is 4.47 Å². The number of guanidine groups is 1. The van der Waals surface area contributed by atoms with Crippen LogP contribution in [0.25, 0.3) is 0 Å². The fraction of sp³-hybridized carbons (Fsp3) is 0.333. The number of halogens is 1. The molecular formula is C15H17ClN6O2S. The zero-order chi connectivity index (χ0) is 17.8. The second kappa shape index (κ2) is 7.77. The Labute approximate surface area is 153 Å². The number of rotatable bonds is 5. The first-order valence-corrected chi connectivity index (χ1v) is 8.83. The lowest BCUT2D eigenvalue weighted by Gasteiger charge is -2.40. The summed E-state index contributed by atoms with van der Waals surface area (Å²) in [6.45, 7) is 3.53. The molecule has 1 aliphatic heterocycles. The summed E-state index contributed by atoms with van der Waals surface area (Å²) in [6.07, 6.45) is 1.68. The fourth-order valence-electron chi connectivity index (χ4n) is 2.67. The molecule has 1 saturated heterocycles. The predicted molar refractivity (Wildman–Crippen MR) is 96.7 cm³/mol. The van der Waals surface area contributed by atoms with E-state index in [1.807, 2.05) is 23.1 Å². The Morgan fingerprint density at radius 2 is 2.24 bits per heavy atom. The standard InChI is InChI=1S/C15H17ClN6O2S/c1-11(12-5-3-2-4-6-12)21-9-18-15(19-22(23)24)20(10-21)8-13-7-17-14(16)25-13/h2-7,11H,8-10H2,1H3,(H,18,19)/t11-/m1/s1. The third-order valence-electron chi connectivity index (χ3n) is 3.97. The van der Waals surface area contributed by atoms with Crippen LogP contribution in [0.5, 0.6) is 0 Å². The van der Waals surface area contributed by atoms with Gasteiger partial charge in [-0.3, -0.25) is 4.90 Å². The Morgan fingerprint density at radius 1 is 1.48 bits per heavy atom. The van der Waals surface area contributed by atoms with Gasteiger partial charge in [0.25, 0.3) is 5.96 Å². The molecule has 1 N–H and O–H groups in total. The van der Waals surface area contributed by atoms with Crippen LogP contribution in [0.15, 0.2) is 41.6 Å². The van der Waals surface area contributed by atoms with E-state index in [0.29, 0.717) is 24.3 Å². The normalized spacial score (nSPS) is 18.2. The topological polar surface area (TPSA) is 86.9 Å². The molecule has 8 nitrogen and oxygen atoms in total. The number of thiazole rings is 1. The second-order valence-electron chi connectivity index (χ2n) is 5.59. The zero-order valence-electron chi connectivity index (χ0n) is 13.5. The monoisotopic (exact) mass is 380 g/mol. The molecule has 0 spiro atoms. The number of nitrogens with one attached hydrogen (secondary N) is 1. The molecule has 1 aromatic carbocycles. The number of aromatic nitrogens is 1. The molecule has 0 unspecified atom stereocenters. The SMILES string of the molecule is C[C@H](c1ccccc1)N1CN/C(=N\[N+](=O)[O-])N(Cc2cnc(Cl)s2)C1. The Kier molecular flexibility index (Phi) is 5.47. The first kappa shape index (κ1) is 17.6. The van der Waals surface area contributed by atoms with Gasteiger partial charge in [-0.25, -0.2) is 15.1 Å². The highest BCUT2D eigenvalue weighted by Crippen LogP contribution is 2.24. The summed E-state index contributed by atoms with van der Waals surface area (Å²) in [6, 6.07) is 10.3. The molecule has 0 amide bonds. The van der Waals surface area contributed by atoms with Crippen molar-refractivity contribution in [2.45, 2.75) is 19.5 Å². The smallest absolute Gasteiger partial charge is 0.273 e. The van der Waals surface area contributed by atoms with Gasteiger partial charge in [-0.1, -0.05) is 41.9 Å². The van der Waals surface area contributed by atoms with Gasteiger partial charge >= 0.3 is 0 Å². The van der Waals surface area contributed by atoms with E-state index in [-0.39, 0.29) is 12.0 Å². The quantitative estimate of drug-likeness (QED) is 0.634. The average Bonchev–Trinajstić information content (AvgIpc) is 3.01. The van der Waals surface area contributed by atoms with Gasteiger partial charge in [0.2, 0.25) is 0 Å². The summed E-state index contributed by atoms with van der Waals surface area (Å²) < 4.78 is 0.447. The minimum atomic E-state index is -0.689. The number of hydrogen-bond donors (Lipinski definition) is 1. The minimum Gasteiger partial charge on any atom is -0.338 e. The van der Waals surface area contributed by atoms with Crippen LogP contribution in [0.4, 0.5) is 0 Å². The van der Waals surface area contributed by atoms with Crippen LogP contribution in [-0.4, -0.2) is 39.1 Å². The third-order valence-corrected chi connectivity index (χ3v) is 5.07. The van der Waals surface area contributed by atoms with E-state index in [0.717, 1.165) is 4.88 Å². The Balaban J connectivity index is 1.78. The summed E-state index contributed by atoms with van der Waals surface area (Å²) in [7, 11) is 0. The number of hydrazone groups is 1. The predicted octanol–water partition coefficient (Wildman–Crippen LogP) is 2.73. The average molecular weight is 381 g/mol. The van der Waals surface area contributed by atoms with E-state index in [1.54, 1.807) is 6.20 Å². The van der Waals surface area contributed by atoms with Gasteiger partial charge in [0.15, 0.2) is 9.50 Å². The molecular weight excluding hydrogens is 364 g/mol. The van der Waals surface area contributed by atoms with Gasteiger partial charge in [-0.2, -0.15) is 0 Å². The van der Waals surface area contributed by atoms with E-state index in [1.165, 1.54) is 16.9 Å². The Bertz CT molecular complexity index is 768. The molecule has 1 aliphatic rings. The van der Waals surface area contributed by atoms with Gasteiger partial charge in [-0.15, -0.1) is 11.3 Å². The van der Waals surface area contributed by atoms with Crippen molar-refractivity contribution in [1.29, 1.82) is 0 Å². The number of nitrogens with zero attached hydrogens (tertiary/aromatic N) is 5. The van der Waals surface area contributed by atoms with Crippen molar-refractivity contribution in [3.8, 4) is 0 Å². The van der Waals surface area contributed by atoms with Gasteiger partial charge < -0.3 is 10.2 Å². The van der Waals surface area contributed by atoms with Crippen LogP contribution in [0, 0.1) is 10.1 Å². The molecule has 0 aliphatic carbocycles. The Hall–Kier alpha value is -2.23. The number of nitro groups is 1. The van der Waals surface area contributed by atoms with Gasteiger partial charge in [0.1, 0.15) is 5.10 Å². The molecule has 10 heteroatoms. The van der Waals surface area contributed by atoms with E-state index in [4.69, 9.17) is 11.6 Å². The summed E-state index contributed by atoms with van der Waals surface area (Å²) in [4.78, 5) is 19.7. The zero-order valence-corrected chi connectivity index (χ0v) is 15.1. The van der Waals surface area contributed by atoms with Gasteiger partial charge in [0.05, 0.1) is 19.9 Å². The first-order valence-electron chi connectivity index (χ1n) is 7.64. The molecule has 1 fully saturated rings. The largest absolute Gasteiger partial charge is 0.338 e. The van der Waals surface area contributed by atoms with Crippen LogP contribution in [-0.2, 0) is 6.54 Å². The molecule has 2 aromatic rings. The molecule has 0 bridgehead atoms. The maximum Gasteiger partial charge on any atom is 0.273 e. The van der Waals surface area contributed by atoms with E-state index < -0.39 is 5.03 Å². The molecule has 0 saturated carbocycles. The summed E-state index contributed by atoms with van der Waals surface area (Å²) >= 11 is 7.23. The van der Waals surface area contributed by atoms with Crippen LogP contribution in [0.3, 0.4) is 0 Å². The lowest BCUT2D eigenvalue weighted by atomic mass is 10.1. The van der Waals surface area contributed by atoms with Gasteiger partial charge in [-0.05, 0) is 12.5 Å². The molecule has 3 rings (SSSR count). The van der Waals surface area contributed by atoms with Crippen molar-refractivity contribution >= 4 is 28.9 Å². The summed E-state index contributed by atoms with van der Waals surface area (Å²) in [5, 5.41) is 16.6. The van der Waals surface area contributed by atoms with E-state index >= 15 is 0 Å². The highest BCUT2D eigenvalue weighted by atomic mass is 35.5. The lowest BCUT2D eigenvalue weighted by Crippen LogP contribution is -2.57. The highest BCUT2D eigenvalue weighted by molar-refractivity contribution is 7.15. The Morgan fingerprint density at radius 3 is 2.88 bits per heavy atom. The summed E-state index contributed by atoms with van der Waals surface area (Å²) in [5.41, 5.74) is 1.18. The molecule has 0 radical (unpaired) electrons. The molecule has 1 atom stereocenters. The maximum absolute atomic E-state index is 10.8.